The summed E-state index contributed by atoms with van der Waals surface area (Å²) in [5, 5.41) is 0. The Balaban J connectivity index is 2.43. The van der Waals surface area contributed by atoms with E-state index in [2.05, 4.69) is 0 Å². The second kappa shape index (κ2) is 6.51. The Kier molecular flexibility index (Phi) is 5.29. The molecule has 0 aromatic heterocycles. The molecule has 4 nitrogen and oxygen atoms in total. The lowest BCUT2D eigenvalue weighted by molar-refractivity contribution is -0.151. The van der Waals surface area contributed by atoms with Gasteiger partial charge in [-0.15, -0.1) is 0 Å². The van der Waals surface area contributed by atoms with Crippen LogP contribution in [0.15, 0.2) is 0 Å². The molecule has 1 saturated heterocycles. The van der Waals surface area contributed by atoms with Crippen LogP contribution >= 0.6 is 0 Å². The molecule has 1 unspecified atom stereocenters. The first-order valence-corrected chi connectivity index (χ1v) is 6.13. The molecule has 0 aliphatic carbocycles. The Morgan fingerprint density at radius 2 is 2.12 bits per heavy atom. The van der Waals surface area contributed by atoms with E-state index in [4.69, 9.17) is 4.74 Å². The first kappa shape index (κ1) is 13.0. The predicted molar refractivity (Wildman–Crippen MR) is 60.8 cm³/mol. The van der Waals surface area contributed by atoms with Crippen LogP contribution in [0.5, 0.6) is 0 Å². The van der Waals surface area contributed by atoms with Gasteiger partial charge in [0.2, 0.25) is 5.91 Å². The van der Waals surface area contributed by atoms with E-state index in [1.165, 1.54) is 0 Å². The van der Waals surface area contributed by atoms with Gasteiger partial charge in [0.05, 0.1) is 12.5 Å². The molecule has 0 radical (unpaired) electrons. The normalized spacial score (nSPS) is 20.6. The molecule has 0 spiro atoms. The number of carbonyl (C=O) groups is 2. The fourth-order valence-corrected chi connectivity index (χ4v) is 1.94. The third kappa shape index (κ3) is 3.51. The molecule has 4 heteroatoms. The topological polar surface area (TPSA) is 46.6 Å². The Labute approximate surface area is 96.9 Å². The molecule has 1 atom stereocenters. The summed E-state index contributed by atoms with van der Waals surface area (Å²) in [5.74, 6) is -0.126. The van der Waals surface area contributed by atoms with E-state index >= 15 is 0 Å². The minimum Gasteiger partial charge on any atom is -0.465 e. The van der Waals surface area contributed by atoms with Crippen molar-refractivity contribution in [2.75, 3.05) is 19.7 Å². The molecule has 0 N–H and O–H groups in total. The van der Waals surface area contributed by atoms with Crippen LogP contribution in [0.1, 0.15) is 39.5 Å². The highest BCUT2D eigenvalue weighted by Gasteiger charge is 2.28. The van der Waals surface area contributed by atoms with E-state index < -0.39 is 0 Å². The number of esters is 1. The Hall–Kier alpha value is -1.06. The van der Waals surface area contributed by atoms with E-state index in [0.29, 0.717) is 19.6 Å². The third-order valence-corrected chi connectivity index (χ3v) is 2.86. The molecule has 0 bridgehead atoms. The average Bonchev–Trinajstić information content (AvgIpc) is 2.35. The number of amides is 1. The molecule has 1 amide bonds. The molecular formula is C12H21NO3. The van der Waals surface area contributed by atoms with Crippen LogP contribution < -0.4 is 0 Å². The molecule has 92 valence electrons. The van der Waals surface area contributed by atoms with Crippen molar-refractivity contribution in [3.63, 3.8) is 0 Å². The summed E-state index contributed by atoms with van der Waals surface area (Å²) in [6.45, 7) is 5.62. The molecular weight excluding hydrogens is 206 g/mol. The van der Waals surface area contributed by atoms with Crippen molar-refractivity contribution >= 4 is 11.9 Å². The fourth-order valence-electron chi connectivity index (χ4n) is 1.94. The highest BCUT2D eigenvalue weighted by atomic mass is 16.5. The van der Waals surface area contributed by atoms with Crippen molar-refractivity contribution in [2.24, 2.45) is 5.92 Å². The van der Waals surface area contributed by atoms with E-state index in [9.17, 15) is 9.59 Å². The summed E-state index contributed by atoms with van der Waals surface area (Å²) in [4.78, 5) is 25.0. The average molecular weight is 227 g/mol. The van der Waals surface area contributed by atoms with Crippen molar-refractivity contribution in [1.29, 1.82) is 0 Å². The van der Waals surface area contributed by atoms with Crippen molar-refractivity contribution < 1.29 is 14.3 Å². The van der Waals surface area contributed by atoms with E-state index in [1.807, 2.05) is 13.8 Å². The van der Waals surface area contributed by atoms with Crippen LogP contribution in [0.25, 0.3) is 0 Å². The Morgan fingerprint density at radius 1 is 1.38 bits per heavy atom. The summed E-state index contributed by atoms with van der Waals surface area (Å²) in [6, 6.07) is 0. The van der Waals surface area contributed by atoms with Crippen LogP contribution in [0.4, 0.5) is 0 Å². The highest BCUT2D eigenvalue weighted by Crippen LogP contribution is 2.18. The maximum atomic E-state index is 11.7. The first-order valence-electron chi connectivity index (χ1n) is 6.13. The quantitative estimate of drug-likeness (QED) is 0.685. The molecule has 1 aliphatic rings. The van der Waals surface area contributed by atoms with Crippen molar-refractivity contribution in [2.45, 2.75) is 39.5 Å². The number of carbonyl (C=O) groups excluding carboxylic acids is 2. The second-order valence-electron chi connectivity index (χ2n) is 4.20. The highest BCUT2D eigenvalue weighted by molar-refractivity contribution is 5.78. The molecule has 0 aromatic rings. The minimum atomic E-state index is -0.143. The van der Waals surface area contributed by atoms with Crippen LogP contribution in [-0.4, -0.2) is 36.5 Å². The summed E-state index contributed by atoms with van der Waals surface area (Å²) < 4.78 is 5.12. The summed E-state index contributed by atoms with van der Waals surface area (Å²) in [6.07, 6.45) is 3.10. The lowest BCUT2D eigenvalue weighted by Crippen LogP contribution is -2.42. The molecule has 0 saturated carbocycles. The van der Waals surface area contributed by atoms with Gasteiger partial charge >= 0.3 is 5.97 Å². The van der Waals surface area contributed by atoms with Gasteiger partial charge in [0, 0.05) is 19.5 Å². The summed E-state index contributed by atoms with van der Waals surface area (Å²) >= 11 is 0. The molecule has 1 rings (SSSR count). The largest absolute Gasteiger partial charge is 0.465 e. The SMILES string of the molecule is CCCOC(=O)C1CCCN(C(=O)CC)C1. The monoisotopic (exact) mass is 227 g/mol. The van der Waals surface area contributed by atoms with Crippen molar-refractivity contribution in [3.05, 3.63) is 0 Å². The maximum Gasteiger partial charge on any atom is 0.310 e. The minimum absolute atomic E-state index is 0.115. The Bertz CT molecular complexity index is 253. The Morgan fingerprint density at radius 3 is 2.75 bits per heavy atom. The van der Waals surface area contributed by atoms with Gasteiger partial charge in [-0.2, -0.15) is 0 Å². The standard InChI is InChI=1S/C12H21NO3/c1-3-8-16-12(15)10-6-5-7-13(9-10)11(14)4-2/h10H,3-9H2,1-2H3. The molecule has 16 heavy (non-hydrogen) atoms. The summed E-state index contributed by atoms with van der Waals surface area (Å²) in [5.41, 5.74) is 0. The van der Waals surface area contributed by atoms with Gasteiger partial charge in [-0.25, -0.2) is 0 Å². The van der Waals surface area contributed by atoms with Gasteiger partial charge < -0.3 is 9.64 Å². The number of nitrogens with zero attached hydrogens (tertiary/aromatic N) is 1. The van der Waals surface area contributed by atoms with Gasteiger partial charge in [0.25, 0.3) is 0 Å². The van der Waals surface area contributed by atoms with Gasteiger partial charge in [-0.05, 0) is 19.3 Å². The third-order valence-electron chi connectivity index (χ3n) is 2.86. The fraction of sp³-hybridized carbons (Fsp3) is 0.833. The molecule has 1 aliphatic heterocycles. The number of rotatable bonds is 4. The lowest BCUT2D eigenvalue weighted by atomic mass is 9.98. The molecule has 1 fully saturated rings. The van der Waals surface area contributed by atoms with Gasteiger partial charge in [-0.1, -0.05) is 13.8 Å². The van der Waals surface area contributed by atoms with E-state index in [1.54, 1.807) is 4.90 Å². The van der Waals surface area contributed by atoms with Crippen molar-refractivity contribution in [3.8, 4) is 0 Å². The zero-order valence-electron chi connectivity index (χ0n) is 10.2. The van der Waals surface area contributed by atoms with Crippen LogP contribution in [-0.2, 0) is 14.3 Å². The van der Waals surface area contributed by atoms with E-state index in [-0.39, 0.29) is 17.8 Å². The van der Waals surface area contributed by atoms with E-state index in [0.717, 1.165) is 25.8 Å². The maximum absolute atomic E-state index is 11.7. The first-order chi connectivity index (χ1) is 7.69. The smallest absolute Gasteiger partial charge is 0.310 e. The number of ether oxygens (including phenoxy) is 1. The number of hydrogen-bond acceptors (Lipinski definition) is 3. The van der Waals surface area contributed by atoms with Crippen LogP contribution in [0.2, 0.25) is 0 Å². The number of hydrogen-bond donors (Lipinski definition) is 0. The predicted octanol–water partition coefficient (Wildman–Crippen LogP) is 1.59. The summed E-state index contributed by atoms with van der Waals surface area (Å²) in [7, 11) is 0. The van der Waals surface area contributed by atoms with Crippen LogP contribution in [0, 0.1) is 5.92 Å². The number of piperidine rings is 1. The zero-order chi connectivity index (χ0) is 12.0. The van der Waals surface area contributed by atoms with Crippen molar-refractivity contribution in [1.82, 2.24) is 4.90 Å². The second-order valence-corrected chi connectivity index (χ2v) is 4.20. The van der Waals surface area contributed by atoms with Gasteiger partial charge in [0.15, 0.2) is 0 Å². The molecule has 1 heterocycles. The zero-order valence-corrected chi connectivity index (χ0v) is 10.2. The lowest BCUT2D eigenvalue weighted by Gasteiger charge is -2.31. The molecule has 0 aromatic carbocycles. The van der Waals surface area contributed by atoms with Gasteiger partial charge in [0.1, 0.15) is 0 Å². The van der Waals surface area contributed by atoms with Crippen LogP contribution in [0.3, 0.4) is 0 Å². The number of likely N-dealkylation sites (tertiary alicyclic amines) is 1. The van der Waals surface area contributed by atoms with Gasteiger partial charge in [-0.3, -0.25) is 9.59 Å².